The number of nitrogens with zero attached hydrogens (tertiary/aromatic N) is 2. The van der Waals surface area contributed by atoms with Crippen LogP contribution in [-0.2, 0) is 9.59 Å². The van der Waals surface area contributed by atoms with E-state index in [4.69, 9.17) is 0 Å². The SMILES string of the molecule is O=CN(CC(O)C(O)CN(C=O)c1c(I)c(C(=O)NCC(O)CO)c(I)c(C(O)NCCO)c1I)c1c(I)c(C(=O)NCCO)c(I)c(C(=O)NCC(O)CO)c1I. The van der Waals surface area contributed by atoms with Gasteiger partial charge in [0.25, 0.3) is 17.7 Å². The average molecular weight is 1490 g/mol. The number of nitrogens with one attached hydrogen (secondary N) is 4. The van der Waals surface area contributed by atoms with E-state index in [1.54, 1.807) is 90.4 Å². The maximum absolute atomic E-state index is 13.5. The lowest BCUT2D eigenvalue weighted by molar-refractivity contribution is -0.109. The van der Waals surface area contributed by atoms with E-state index in [0.717, 1.165) is 9.80 Å². The Hall–Kier alpha value is -0.230. The lowest BCUT2D eigenvalue weighted by Gasteiger charge is -2.31. The second-order valence-corrected chi connectivity index (χ2v) is 18.4. The fraction of sp³-hybridized carbons (Fsp3) is 0.469. The third-order valence-corrected chi connectivity index (χ3v) is 14.3. The fourth-order valence-corrected chi connectivity index (χ4v) is 14.6. The lowest BCUT2D eigenvalue weighted by Crippen LogP contribution is -2.46. The van der Waals surface area contributed by atoms with Crippen molar-refractivity contribution in [1.82, 2.24) is 21.3 Å². The largest absolute Gasteiger partial charge is 0.395 e. The first-order valence-corrected chi connectivity index (χ1v) is 23.1. The zero-order valence-corrected chi connectivity index (χ0v) is 42.8. The number of rotatable bonds is 24. The summed E-state index contributed by atoms with van der Waals surface area (Å²) in [5.41, 5.74) is -0.0563. The minimum atomic E-state index is -1.81. The Morgan fingerprint density at radius 3 is 1.31 bits per heavy atom. The third-order valence-electron chi connectivity index (χ3n) is 7.88. The molecule has 0 heterocycles. The van der Waals surface area contributed by atoms with Crippen molar-refractivity contribution in [2.45, 2.75) is 30.6 Å². The van der Waals surface area contributed by atoms with Crippen LogP contribution in [0, 0.1) is 21.4 Å². The van der Waals surface area contributed by atoms with Crippen LogP contribution in [0.5, 0.6) is 0 Å². The normalized spacial score (nSPS) is 13.8. The third kappa shape index (κ3) is 13.9. The van der Waals surface area contributed by atoms with Gasteiger partial charge in [0.05, 0.1) is 103 Å². The molecule has 0 aliphatic heterocycles. The molecule has 0 aliphatic rings. The molecule has 0 bridgehead atoms. The van der Waals surface area contributed by atoms with Gasteiger partial charge in [-0.15, -0.1) is 0 Å². The molecule has 5 amide bonds. The quantitative estimate of drug-likeness (QED) is 0.0311. The van der Waals surface area contributed by atoms with Crippen molar-refractivity contribution in [2.75, 3.05) is 75.5 Å². The molecule has 0 aliphatic carbocycles. The van der Waals surface area contributed by atoms with Gasteiger partial charge >= 0.3 is 0 Å². The zero-order valence-electron chi connectivity index (χ0n) is 29.8. The van der Waals surface area contributed by atoms with Gasteiger partial charge in [0.15, 0.2) is 0 Å². The molecule has 0 aromatic heterocycles. The number of hydrogen-bond acceptors (Lipinski definition) is 15. The number of aliphatic hydroxyl groups is 9. The van der Waals surface area contributed by atoms with Crippen molar-refractivity contribution in [3.63, 3.8) is 0 Å². The van der Waals surface area contributed by atoms with Crippen LogP contribution >= 0.6 is 136 Å². The standard InChI is InChI=1S/C32H40I6N6O14/c33-21-17(29(55)39-1-3-45)23(35)27(25(37)19(21)31(57)41-5-13(51)9-47)43(11-49)7-15(53)16(54)8-44(12-50)28-24(36)18(30(56)40-2-4-46)22(34)20(26(28)38)32(58)42-6-14(52)10-48/h11-16,29,39,45-48,51-55H,1-10H2,(H,40,56)(H,41,57)(H,42,58). The molecule has 324 valence electrons. The Labute approximate surface area is 413 Å². The number of carbonyl (C=O) groups is 5. The van der Waals surface area contributed by atoms with Crippen LogP contribution in [0.3, 0.4) is 0 Å². The molecule has 5 unspecified atom stereocenters. The maximum Gasteiger partial charge on any atom is 0.253 e. The molecule has 2 aromatic carbocycles. The van der Waals surface area contributed by atoms with Crippen LogP contribution in [0.1, 0.15) is 42.9 Å². The topological polar surface area (TPSA) is 322 Å². The van der Waals surface area contributed by atoms with Gasteiger partial charge < -0.3 is 71.7 Å². The molecule has 13 N–H and O–H groups in total. The molecule has 2 aromatic rings. The number of halogens is 6. The van der Waals surface area contributed by atoms with Crippen molar-refractivity contribution in [3.05, 3.63) is 43.7 Å². The molecule has 5 atom stereocenters. The monoisotopic (exact) mass is 1490 g/mol. The number of amides is 5. The molecule has 0 radical (unpaired) electrons. The highest BCUT2D eigenvalue weighted by atomic mass is 127. The highest BCUT2D eigenvalue weighted by molar-refractivity contribution is 14.1. The van der Waals surface area contributed by atoms with Crippen LogP contribution in [-0.4, -0.2) is 167 Å². The Morgan fingerprint density at radius 2 is 0.931 bits per heavy atom. The predicted octanol–water partition coefficient (Wildman–Crippen LogP) is -1.88. The molecular formula is C32H40I6N6O14. The van der Waals surface area contributed by atoms with Crippen LogP contribution in [0.15, 0.2) is 0 Å². The summed E-state index contributed by atoms with van der Waals surface area (Å²) < 4.78 is 1.07. The van der Waals surface area contributed by atoms with E-state index in [0.29, 0.717) is 12.8 Å². The van der Waals surface area contributed by atoms with Gasteiger partial charge in [-0.05, 0) is 136 Å². The molecule has 0 saturated carbocycles. The lowest BCUT2D eigenvalue weighted by atomic mass is 10.0. The van der Waals surface area contributed by atoms with Gasteiger partial charge in [-0.25, -0.2) is 0 Å². The van der Waals surface area contributed by atoms with Crippen molar-refractivity contribution in [1.29, 1.82) is 0 Å². The highest BCUT2D eigenvalue weighted by Crippen LogP contribution is 2.41. The first-order valence-electron chi connectivity index (χ1n) is 16.6. The van der Waals surface area contributed by atoms with E-state index >= 15 is 0 Å². The van der Waals surface area contributed by atoms with Crippen LogP contribution in [0.2, 0.25) is 0 Å². The number of carbonyl (C=O) groups excluding carboxylic acids is 5. The molecule has 0 fully saturated rings. The molecule has 2 rings (SSSR count). The van der Waals surface area contributed by atoms with Crippen molar-refractivity contribution in [2.24, 2.45) is 0 Å². The van der Waals surface area contributed by atoms with Gasteiger partial charge in [0.1, 0.15) is 6.23 Å². The first-order chi connectivity index (χ1) is 27.4. The van der Waals surface area contributed by atoms with E-state index in [2.05, 4.69) is 21.3 Å². The van der Waals surface area contributed by atoms with E-state index < -0.39 is 81.3 Å². The smallest absolute Gasteiger partial charge is 0.253 e. The van der Waals surface area contributed by atoms with Crippen molar-refractivity contribution >= 4 is 177 Å². The summed E-state index contributed by atoms with van der Waals surface area (Å²) in [6.45, 7) is -4.24. The average Bonchev–Trinajstić information content (AvgIpc) is 3.18. The van der Waals surface area contributed by atoms with E-state index in [9.17, 15) is 69.9 Å². The number of anilines is 2. The molecule has 0 saturated heterocycles. The molecule has 0 spiro atoms. The Kier molecular flexibility index (Phi) is 24.5. The molecular weight excluding hydrogens is 1450 g/mol. The first kappa shape index (κ1) is 53.9. The summed E-state index contributed by atoms with van der Waals surface area (Å²) in [7, 11) is 0. The summed E-state index contributed by atoms with van der Waals surface area (Å²) in [5, 5.41) is 101. The summed E-state index contributed by atoms with van der Waals surface area (Å²) >= 11 is 10.8. The Bertz CT molecular complexity index is 1800. The predicted molar refractivity (Wildman–Crippen MR) is 258 cm³/mol. The highest BCUT2D eigenvalue weighted by Gasteiger charge is 2.34. The summed E-state index contributed by atoms with van der Waals surface area (Å²) in [5.74, 6) is -2.24. The van der Waals surface area contributed by atoms with Crippen LogP contribution in [0.4, 0.5) is 11.4 Å². The minimum absolute atomic E-state index is 0.0187. The Morgan fingerprint density at radius 1 is 0.552 bits per heavy atom. The van der Waals surface area contributed by atoms with Crippen LogP contribution < -0.4 is 31.1 Å². The van der Waals surface area contributed by atoms with E-state index in [1.807, 2.05) is 45.2 Å². The van der Waals surface area contributed by atoms with Crippen molar-refractivity contribution in [3.8, 4) is 0 Å². The van der Waals surface area contributed by atoms with Crippen LogP contribution in [0.25, 0.3) is 0 Å². The summed E-state index contributed by atoms with van der Waals surface area (Å²) in [4.78, 5) is 67.5. The molecule has 20 nitrogen and oxygen atoms in total. The second-order valence-electron chi connectivity index (χ2n) is 11.9. The summed E-state index contributed by atoms with van der Waals surface area (Å²) in [6.07, 6.45) is -7.06. The van der Waals surface area contributed by atoms with Gasteiger partial charge in [-0.1, -0.05) is 0 Å². The van der Waals surface area contributed by atoms with Gasteiger partial charge in [-0.2, -0.15) is 0 Å². The number of benzene rings is 2. The van der Waals surface area contributed by atoms with Gasteiger partial charge in [-0.3, -0.25) is 29.3 Å². The maximum atomic E-state index is 13.5. The number of hydrogen-bond donors (Lipinski definition) is 13. The fourth-order valence-electron chi connectivity index (χ4n) is 4.97. The van der Waals surface area contributed by atoms with E-state index in [-0.39, 0.29) is 87.8 Å². The minimum Gasteiger partial charge on any atom is -0.395 e. The second kappa shape index (κ2) is 26.4. The molecule has 26 heteroatoms. The summed E-state index contributed by atoms with van der Waals surface area (Å²) in [6, 6.07) is 0. The van der Waals surface area contributed by atoms with E-state index in [1.165, 1.54) is 0 Å². The van der Waals surface area contributed by atoms with Gasteiger partial charge in [0.2, 0.25) is 12.8 Å². The Balaban J connectivity index is 2.66. The molecule has 58 heavy (non-hydrogen) atoms. The number of aliphatic hydroxyl groups excluding tert-OH is 9. The zero-order chi connectivity index (χ0) is 44.0. The van der Waals surface area contributed by atoms with Crippen molar-refractivity contribution < 1.29 is 69.9 Å². The van der Waals surface area contributed by atoms with Gasteiger partial charge in [0, 0.05) is 42.5 Å².